The maximum absolute atomic E-state index is 8.75. The predicted octanol–water partition coefficient (Wildman–Crippen LogP) is 2.36. The molecule has 0 aliphatic carbocycles. The van der Waals surface area contributed by atoms with E-state index in [1.165, 1.54) is 6.07 Å². The lowest BCUT2D eigenvalue weighted by molar-refractivity contribution is 0.288. The van der Waals surface area contributed by atoms with Gasteiger partial charge < -0.3 is 14.7 Å². The van der Waals surface area contributed by atoms with Gasteiger partial charge in [-0.3, -0.25) is 0 Å². The molecule has 0 bridgehead atoms. The van der Waals surface area contributed by atoms with E-state index in [0.717, 1.165) is 11.1 Å². The lowest BCUT2D eigenvalue weighted by atomic mass is 10.1. The molecule has 2 rings (SSSR count). The summed E-state index contributed by atoms with van der Waals surface area (Å²) in [4.78, 5) is 0. The fourth-order valence-corrected chi connectivity index (χ4v) is 1.77. The van der Waals surface area contributed by atoms with E-state index in [2.05, 4.69) is 0 Å². The standard InChI is InChI=1S/C12H10BClO3/c14-11-6-10(9-4-2-1-3-5-9)7-12(8-11)17-13(15)16/h1-8,15-16H. The first-order valence-electron chi connectivity index (χ1n) is 5.04. The fraction of sp³-hybridized carbons (Fsp3) is 0. The molecule has 0 saturated heterocycles. The Kier molecular flexibility index (Phi) is 3.69. The van der Waals surface area contributed by atoms with Crippen molar-refractivity contribution >= 4 is 18.9 Å². The fourth-order valence-electron chi connectivity index (χ4n) is 1.55. The van der Waals surface area contributed by atoms with Crippen molar-refractivity contribution < 1.29 is 14.7 Å². The second-order valence-corrected chi connectivity index (χ2v) is 3.92. The van der Waals surface area contributed by atoms with E-state index in [1.807, 2.05) is 30.3 Å². The Morgan fingerprint density at radius 1 is 0.941 bits per heavy atom. The number of hydrogen-bond acceptors (Lipinski definition) is 3. The number of benzene rings is 2. The first-order valence-corrected chi connectivity index (χ1v) is 5.42. The second kappa shape index (κ2) is 5.23. The van der Waals surface area contributed by atoms with Crippen molar-refractivity contribution in [3.8, 4) is 16.9 Å². The predicted molar refractivity (Wildman–Crippen MR) is 67.7 cm³/mol. The first kappa shape index (κ1) is 12.0. The summed E-state index contributed by atoms with van der Waals surface area (Å²) in [7, 11) is -1.85. The van der Waals surface area contributed by atoms with Gasteiger partial charge in [-0.1, -0.05) is 41.9 Å². The zero-order valence-electron chi connectivity index (χ0n) is 8.88. The molecule has 0 saturated carbocycles. The van der Waals surface area contributed by atoms with Crippen LogP contribution in [0.1, 0.15) is 0 Å². The molecule has 0 heterocycles. The molecule has 0 atom stereocenters. The molecule has 0 spiro atoms. The molecule has 0 fully saturated rings. The van der Waals surface area contributed by atoms with Gasteiger partial charge in [0.05, 0.1) is 0 Å². The van der Waals surface area contributed by atoms with Gasteiger partial charge in [0.2, 0.25) is 0 Å². The summed E-state index contributed by atoms with van der Waals surface area (Å²) < 4.78 is 4.78. The summed E-state index contributed by atoms with van der Waals surface area (Å²) in [5, 5.41) is 18.0. The molecular formula is C12H10BClO3. The van der Waals surface area contributed by atoms with Crippen molar-refractivity contribution in [1.29, 1.82) is 0 Å². The monoisotopic (exact) mass is 248 g/mol. The van der Waals surface area contributed by atoms with Crippen molar-refractivity contribution in [2.24, 2.45) is 0 Å². The van der Waals surface area contributed by atoms with Crippen LogP contribution < -0.4 is 4.65 Å². The topological polar surface area (TPSA) is 49.7 Å². The van der Waals surface area contributed by atoms with Crippen LogP contribution in [0, 0.1) is 0 Å². The van der Waals surface area contributed by atoms with Crippen molar-refractivity contribution in [2.75, 3.05) is 0 Å². The molecule has 0 aliphatic heterocycles. The highest BCUT2D eigenvalue weighted by Crippen LogP contribution is 2.28. The second-order valence-electron chi connectivity index (χ2n) is 3.49. The average Bonchev–Trinajstić information content (AvgIpc) is 2.28. The Labute approximate surface area is 104 Å². The van der Waals surface area contributed by atoms with Gasteiger partial charge >= 0.3 is 7.32 Å². The quantitative estimate of drug-likeness (QED) is 0.820. The van der Waals surface area contributed by atoms with Crippen LogP contribution in [0.5, 0.6) is 5.75 Å². The molecule has 3 nitrogen and oxygen atoms in total. The van der Waals surface area contributed by atoms with Crippen LogP contribution in [0.15, 0.2) is 48.5 Å². The molecular weight excluding hydrogens is 238 g/mol. The largest absolute Gasteiger partial charge is 0.707 e. The van der Waals surface area contributed by atoms with E-state index in [4.69, 9.17) is 26.3 Å². The van der Waals surface area contributed by atoms with Gasteiger partial charge in [-0.2, -0.15) is 0 Å². The minimum absolute atomic E-state index is 0.311. The van der Waals surface area contributed by atoms with E-state index in [9.17, 15) is 0 Å². The Balaban J connectivity index is 2.38. The SMILES string of the molecule is OB(O)Oc1cc(Cl)cc(-c2ccccc2)c1. The molecule has 2 aromatic carbocycles. The highest BCUT2D eigenvalue weighted by atomic mass is 35.5. The number of halogens is 1. The maximum Gasteiger partial charge on any atom is 0.707 e. The van der Waals surface area contributed by atoms with E-state index in [1.54, 1.807) is 12.1 Å². The van der Waals surface area contributed by atoms with Gasteiger partial charge in [0.25, 0.3) is 0 Å². The summed E-state index contributed by atoms with van der Waals surface area (Å²) >= 11 is 5.94. The first-order chi connectivity index (χ1) is 8.15. The van der Waals surface area contributed by atoms with Crippen LogP contribution in [-0.2, 0) is 0 Å². The van der Waals surface area contributed by atoms with E-state index in [0.29, 0.717) is 10.8 Å². The van der Waals surface area contributed by atoms with Gasteiger partial charge in [-0.05, 0) is 29.3 Å². The number of rotatable bonds is 3. The highest BCUT2D eigenvalue weighted by molar-refractivity contribution is 6.34. The summed E-state index contributed by atoms with van der Waals surface area (Å²) in [5.41, 5.74) is 1.83. The normalized spacial score (nSPS) is 10.1. The van der Waals surface area contributed by atoms with E-state index >= 15 is 0 Å². The zero-order chi connectivity index (χ0) is 12.3. The van der Waals surface area contributed by atoms with Gasteiger partial charge in [0.1, 0.15) is 5.75 Å². The van der Waals surface area contributed by atoms with Crippen molar-refractivity contribution in [1.82, 2.24) is 0 Å². The summed E-state index contributed by atoms with van der Waals surface area (Å²) in [6.07, 6.45) is 0. The van der Waals surface area contributed by atoms with Crippen LogP contribution in [0.4, 0.5) is 0 Å². The molecule has 2 aromatic rings. The molecule has 86 valence electrons. The van der Waals surface area contributed by atoms with Crippen LogP contribution in [0.2, 0.25) is 5.02 Å². The molecule has 17 heavy (non-hydrogen) atoms. The maximum atomic E-state index is 8.75. The lowest BCUT2D eigenvalue weighted by Crippen LogP contribution is -2.20. The summed E-state index contributed by atoms with van der Waals surface area (Å²) in [6.45, 7) is 0. The molecule has 0 unspecified atom stereocenters. The van der Waals surface area contributed by atoms with E-state index < -0.39 is 7.32 Å². The van der Waals surface area contributed by atoms with Gasteiger partial charge in [-0.15, -0.1) is 0 Å². The smallest absolute Gasteiger partial charge is 0.512 e. The third-order valence-electron chi connectivity index (χ3n) is 2.22. The van der Waals surface area contributed by atoms with Crippen molar-refractivity contribution in [3.63, 3.8) is 0 Å². The minimum atomic E-state index is -1.85. The Morgan fingerprint density at radius 3 is 2.29 bits per heavy atom. The van der Waals surface area contributed by atoms with Crippen LogP contribution in [0.3, 0.4) is 0 Å². The van der Waals surface area contributed by atoms with Gasteiger partial charge in [-0.25, -0.2) is 0 Å². The van der Waals surface area contributed by atoms with Crippen molar-refractivity contribution in [3.05, 3.63) is 53.6 Å². The number of hydrogen-bond donors (Lipinski definition) is 2. The highest BCUT2D eigenvalue weighted by Gasteiger charge is 2.12. The third-order valence-corrected chi connectivity index (χ3v) is 2.44. The molecule has 0 aromatic heterocycles. The van der Waals surface area contributed by atoms with Gasteiger partial charge in [0.15, 0.2) is 0 Å². The molecule has 5 heteroatoms. The van der Waals surface area contributed by atoms with E-state index in [-0.39, 0.29) is 0 Å². The van der Waals surface area contributed by atoms with Crippen LogP contribution in [0.25, 0.3) is 11.1 Å². The van der Waals surface area contributed by atoms with Crippen LogP contribution in [-0.4, -0.2) is 17.4 Å². The Hall–Kier alpha value is -1.49. The van der Waals surface area contributed by atoms with Crippen molar-refractivity contribution in [2.45, 2.75) is 0 Å². The zero-order valence-corrected chi connectivity index (χ0v) is 9.63. The summed E-state index contributed by atoms with van der Waals surface area (Å²) in [6, 6.07) is 14.6. The lowest BCUT2D eigenvalue weighted by Gasteiger charge is -2.08. The third kappa shape index (κ3) is 3.23. The minimum Gasteiger partial charge on any atom is -0.512 e. The van der Waals surface area contributed by atoms with Gasteiger partial charge in [0, 0.05) is 5.02 Å². The summed E-state index contributed by atoms with van der Waals surface area (Å²) in [5.74, 6) is 0.311. The Bertz CT molecular complexity index is 502. The molecule has 0 radical (unpaired) electrons. The van der Waals surface area contributed by atoms with Crippen LogP contribution >= 0.6 is 11.6 Å². The Morgan fingerprint density at radius 2 is 1.65 bits per heavy atom. The molecule has 0 aliphatic rings. The average molecular weight is 248 g/mol. The molecule has 0 amide bonds. The molecule has 2 N–H and O–H groups in total.